The number of anilines is 1. The van der Waals surface area contributed by atoms with Crippen molar-refractivity contribution in [3.63, 3.8) is 0 Å². The molecule has 0 aliphatic carbocycles. The third-order valence-corrected chi connectivity index (χ3v) is 7.10. The van der Waals surface area contributed by atoms with E-state index in [1.807, 2.05) is 13.0 Å². The van der Waals surface area contributed by atoms with E-state index in [1.54, 1.807) is 32.9 Å². The standard InChI is InChI=1S/C26H23N3O7S/c1-5-36-25(33)23-15(4)27-26(37-23)28-20(16-8-10-17(11-9-16)29(34)35)19(22(31)24(28)32)21(30)18-12-13(2)6-7-14(18)3/h6-12,20,30H,5H2,1-4H3. The number of aliphatic hydroxyl groups excluding tert-OH is 1. The number of ether oxygens (including phenoxy) is 1. The molecule has 0 saturated carbocycles. The van der Waals surface area contributed by atoms with Gasteiger partial charge in [-0.3, -0.25) is 24.6 Å². The minimum Gasteiger partial charge on any atom is -0.507 e. The first kappa shape index (κ1) is 25.7. The van der Waals surface area contributed by atoms with Gasteiger partial charge in [-0.2, -0.15) is 0 Å². The number of aryl methyl sites for hydroxylation is 3. The Hall–Kier alpha value is -4.38. The fourth-order valence-corrected chi connectivity index (χ4v) is 5.12. The minimum atomic E-state index is -1.14. The molecule has 2 heterocycles. The van der Waals surface area contributed by atoms with Crippen LogP contribution in [0.25, 0.3) is 5.76 Å². The van der Waals surface area contributed by atoms with Crippen LogP contribution in [0.5, 0.6) is 0 Å². The number of rotatable bonds is 6. The average molecular weight is 522 g/mol. The van der Waals surface area contributed by atoms with Crippen molar-refractivity contribution in [2.24, 2.45) is 0 Å². The Morgan fingerprint density at radius 1 is 1.16 bits per heavy atom. The van der Waals surface area contributed by atoms with Gasteiger partial charge in [0.05, 0.1) is 28.8 Å². The van der Waals surface area contributed by atoms with Crippen molar-refractivity contribution < 1.29 is 29.2 Å². The summed E-state index contributed by atoms with van der Waals surface area (Å²) in [6.45, 7) is 6.99. The number of non-ortho nitro benzene ring substituents is 1. The number of aliphatic hydroxyl groups is 1. The van der Waals surface area contributed by atoms with E-state index < -0.39 is 28.6 Å². The number of carbonyl (C=O) groups excluding carboxylic acids is 3. The largest absolute Gasteiger partial charge is 0.507 e. The molecule has 0 spiro atoms. The molecule has 2 aromatic carbocycles. The summed E-state index contributed by atoms with van der Waals surface area (Å²) in [5.41, 5.74) is 2.21. The number of aromatic nitrogens is 1. The van der Waals surface area contributed by atoms with Crippen LogP contribution in [0.15, 0.2) is 48.0 Å². The number of carbonyl (C=O) groups is 3. The molecule has 0 bridgehead atoms. The molecule has 1 unspecified atom stereocenters. The second-order valence-electron chi connectivity index (χ2n) is 8.47. The molecule has 190 valence electrons. The Morgan fingerprint density at radius 2 is 1.84 bits per heavy atom. The molecule has 10 nitrogen and oxygen atoms in total. The van der Waals surface area contributed by atoms with E-state index in [4.69, 9.17) is 4.74 Å². The molecule has 0 radical (unpaired) electrons. The number of ketones is 1. The fraction of sp³-hybridized carbons (Fsp3) is 0.231. The highest BCUT2D eigenvalue weighted by Crippen LogP contribution is 2.44. The third-order valence-electron chi connectivity index (χ3n) is 5.96. The van der Waals surface area contributed by atoms with Crippen molar-refractivity contribution in [3.8, 4) is 0 Å². The average Bonchev–Trinajstić information content (AvgIpc) is 3.37. The SMILES string of the molecule is CCOC(=O)c1sc(N2C(=O)C(=O)C(=C(O)c3cc(C)ccc3C)C2c2ccc([N+](=O)[O-])cc2)nc1C. The summed E-state index contributed by atoms with van der Waals surface area (Å²) in [5.74, 6) is -2.86. The molecule has 11 heteroatoms. The van der Waals surface area contributed by atoms with Crippen LogP contribution in [0.2, 0.25) is 0 Å². The van der Waals surface area contributed by atoms with Gasteiger partial charge >= 0.3 is 11.9 Å². The maximum absolute atomic E-state index is 13.4. The molecular formula is C26H23N3O7S. The first-order valence-electron chi connectivity index (χ1n) is 11.3. The minimum absolute atomic E-state index is 0.0611. The zero-order valence-corrected chi connectivity index (χ0v) is 21.3. The Morgan fingerprint density at radius 3 is 2.46 bits per heavy atom. The zero-order valence-electron chi connectivity index (χ0n) is 20.5. The second-order valence-corrected chi connectivity index (χ2v) is 9.45. The van der Waals surface area contributed by atoms with E-state index in [-0.39, 0.29) is 33.6 Å². The molecule has 1 fully saturated rings. The molecule has 37 heavy (non-hydrogen) atoms. The van der Waals surface area contributed by atoms with Gasteiger partial charge in [-0.15, -0.1) is 0 Å². The predicted octanol–water partition coefficient (Wildman–Crippen LogP) is 4.78. The predicted molar refractivity (Wildman–Crippen MR) is 137 cm³/mol. The maximum atomic E-state index is 13.4. The highest BCUT2D eigenvalue weighted by atomic mass is 32.1. The lowest BCUT2D eigenvalue weighted by Crippen LogP contribution is -2.29. The summed E-state index contributed by atoms with van der Waals surface area (Å²) in [5, 5.41) is 22.6. The number of nitro benzene ring substituents is 1. The molecule has 1 aromatic heterocycles. The molecule has 1 saturated heterocycles. The van der Waals surface area contributed by atoms with Gasteiger partial charge in [0.1, 0.15) is 10.6 Å². The number of benzene rings is 2. The lowest BCUT2D eigenvalue weighted by molar-refractivity contribution is -0.384. The van der Waals surface area contributed by atoms with Gasteiger partial charge < -0.3 is 9.84 Å². The van der Waals surface area contributed by atoms with Crippen molar-refractivity contribution >= 4 is 45.6 Å². The van der Waals surface area contributed by atoms with Crippen LogP contribution in [0.4, 0.5) is 10.8 Å². The van der Waals surface area contributed by atoms with Crippen LogP contribution < -0.4 is 4.90 Å². The molecule has 4 rings (SSSR count). The van der Waals surface area contributed by atoms with Crippen LogP contribution in [0.3, 0.4) is 0 Å². The summed E-state index contributed by atoms with van der Waals surface area (Å²) in [4.78, 5) is 55.4. The van der Waals surface area contributed by atoms with Crippen molar-refractivity contribution in [1.29, 1.82) is 0 Å². The highest BCUT2D eigenvalue weighted by Gasteiger charge is 2.48. The van der Waals surface area contributed by atoms with Gasteiger partial charge in [-0.25, -0.2) is 9.78 Å². The number of Topliss-reactive ketones (excluding diaryl/α,β-unsaturated/α-hetero) is 1. The van der Waals surface area contributed by atoms with Crippen LogP contribution >= 0.6 is 11.3 Å². The van der Waals surface area contributed by atoms with E-state index in [2.05, 4.69) is 4.98 Å². The molecule has 1 atom stereocenters. The Labute approximate surface area is 216 Å². The number of hydrogen-bond acceptors (Lipinski definition) is 9. The van der Waals surface area contributed by atoms with Gasteiger partial charge in [0, 0.05) is 17.7 Å². The first-order chi connectivity index (χ1) is 17.5. The maximum Gasteiger partial charge on any atom is 0.350 e. The van der Waals surface area contributed by atoms with Crippen molar-refractivity contribution in [2.75, 3.05) is 11.5 Å². The van der Waals surface area contributed by atoms with Crippen LogP contribution in [0, 0.1) is 30.9 Å². The summed E-state index contributed by atoms with van der Waals surface area (Å²) < 4.78 is 5.07. The third kappa shape index (κ3) is 4.60. The number of esters is 1. The number of nitrogens with zero attached hydrogens (tertiary/aromatic N) is 3. The summed E-state index contributed by atoms with van der Waals surface area (Å²) in [6, 6.07) is 9.56. The van der Waals surface area contributed by atoms with E-state index in [0.717, 1.165) is 21.8 Å². The van der Waals surface area contributed by atoms with Gasteiger partial charge in [0.15, 0.2) is 5.13 Å². The number of hydrogen-bond donors (Lipinski definition) is 1. The van der Waals surface area contributed by atoms with Crippen LogP contribution in [-0.2, 0) is 14.3 Å². The van der Waals surface area contributed by atoms with E-state index in [0.29, 0.717) is 22.4 Å². The highest BCUT2D eigenvalue weighted by molar-refractivity contribution is 7.17. The Kier molecular flexibility index (Phi) is 6.90. The zero-order chi connectivity index (χ0) is 27.0. The fourth-order valence-electron chi connectivity index (χ4n) is 4.13. The molecule has 1 aliphatic heterocycles. The van der Waals surface area contributed by atoms with Gasteiger partial charge in [-0.05, 0) is 57.0 Å². The smallest absolute Gasteiger partial charge is 0.350 e. The normalized spacial score (nSPS) is 16.8. The second kappa shape index (κ2) is 9.94. The van der Waals surface area contributed by atoms with Crippen molar-refractivity contribution in [3.05, 3.63) is 91.0 Å². The monoisotopic (exact) mass is 521 g/mol. The number of amides is 1. The number of thiazole rings is 1. The van der Waals surface area contributed by atoms with Crippen molar-refractivity contribution in [1.82, 2.24) is 4.98 Å². The van der Waals surface area contributed by atoms with Gasteiger partial charge in [0.2, 0.25) is 0 Å². The van der Waals surface area contributed by atoms with Crippen molar-refractivity contribution in [2.45, 2.75) is 33.7 Å². The van der Waals surface area contributed by atoms with E-state index in [1.165, 1.54) is 24.3 Å². The van der Waals surface area contributed by atoms with Gasteiger partial charge in [-0.1, -0.05) is 29.0 Å². The molecular weight excluding hydrogens is 498 g/mol. The lowest BCUT2D eigenvalue weighted by Gasteiger charge is -2.23. The Balaban J connectivity index is 1.95. The van der Waals surface area contributed by atoms with E-state index >= 15 is 0 Å². The van der Waals surface area contributed by atoms with Crippen LogP contribution in [0.1, 0.15) is 50.6 Å². The topological polar surface area (TPSA) is 140 Å². The molecule has 3 aromatic rings. The first-order valence-corrected chi connectivity index (χ1v) is 12.1. The molecule has 1 N–H and O–H groups in total. The summed E-state index contributed by atoms with van der Waals surface area (Å²) in [7, 11) is 0. The van der Waals surface area contributed by atoms with Gasteiger partial charge in [0.25, 0.3) is 11.5 Å². The van der Waals surface area contributed by atoms with E-state index in [9.17, 15) is 29.6 Å². The Bertz CT molecular complexity index is 1470. The molecule has 1 aliphatic rings. The molecule has 1 amide bonds. The quantitative estimate of drug-likeness (QED) is 0.122. The lowest BCUT2D eigenvalue weighted by atomic mass is 9.93. The summed E-state index contributed by atoms with van der Waals surface area (Å²) >= 11 is 0.887. The van der Waals surface area contributed by atoms with Crippen LogP contribution in [-0.4, -0.2) is 39.3 Å². The number of nitro groups is 1. The summed E-state index contributed by atoms with van der Waals surface area (Å²) in [6.07, 6.45) is 0.